The van der Waals surface area contributed by atoms with Gasteiger partial charge in [0.25, 0.3) is 0 Å². The lowest BCUT2D eigenvalue weighted by molar-refractivity contribution is 0.227. The highest BCUT2D eigenvalue weighted by molar-refractivity contribution is 5.52. The van der Waals surface area contributed by atoms with Gasteiger partial charge in [0.15, 0.2) is 34.5 Å². The summed E-state index contributed by atoms with van der Waals surface area (Å²) in [6.07, 6.45) is 3.62. The van der Waals surface area contributed by atoms with Gasteiger partial charge < -0.3 is 28.4 Å². The molecule has 2 aliphatic heterocycles. The molecule has 276 valence electrons. The van der Waals surface area contributed by atoms with Crippen LogP contribution in [-0.4, -0.2) is 65.4 Å². The average molecular weight is 715 g/mol. The van der Waals surface area contributed by atoms with Crippen LogP contribution < -0.4 is 28.4 Å². The van der Waals surface area contributed by atoms with Gasteiger partial charge in [-0.1, -0.05) is 48.5 Å². The molecular weight excluding hydrogens is 665 g/mol. The first-order valence-corrected chi connectivity index (χ1v) is 18.3. The molecule has 2 heterocycles. The first kappa shape index (κ1) is 36.2. The molecule has 8 heteroatoms. The van der Waals surface area contributed by atoms with Crippen LogP contribution in [-0.2, 0) is 32.3 Å². The SMILES string of the molecule is COc1cc2c(cc1OC)[C@H](Cc1ccc(Oc3cc(C[C@H]4c5cc(OC)c(OC)cc5CCN4C)ccc3OCc3ccccc3)cc1)N(C)CC2. The predicted octanol–water partition coefficient (Wildman–Crippen LogP) is 8.64. The van der Waals surface area contributed by atoms with Crippen molar-refractivity contribution in [1.82, 2.24) is 9.80 Å². The number of nitrogens with zero attached hydrogens (tertiary/aromatic N) is 2. The highest BCUT2D eigenvalue weighted by Gasteiger charge is 2.29. The van der Waals surface area contributed by atoms with Gasteiger partial charge in [0, 0.05) is 25.2 Å². The Balaban J connectivity index is 1.14. The van der Waals surface area contributed by atoms with E-state index < -0.39 is 0 Å². The average Bonchev–Trinajstić information content (AvgIpc) is 3.19. The Morgan fingerprint density at radius 2 is 1.02 bits per heavy atom. The molecule has 2 atom stereocenters. The number of rotatable bonds is 13. The van der Waals surface area contributed by atoms with Crippen LogP contribution in [0, 0.1) is 0 Å². The van der Waals surface area contributed by atoms with Crippen LogP contribution in [0.15, 0.2) is 97.1 Å². The molecule has 0 amide bonds. The maximum Gasteiger partial charge on any atom is 0.169 e. The molecular formula is C45H50N2O6. The Hall–Kier alpha value is -5.18. The van der Waals surface area contributed by atoms with Crippen LogP contribution >= 0.6 is 0 Å². The van der Waals surface area contributed by atoms with Crippen molar-refractivity contribution >= 4 is 0 Å². The fraction of sp³-hybridized carbons (Fsp3) is 0.333. The lowest BCUT2D eigenvalue weighted by atomic mass is 9.88. The fourth-order valence-electron chi connectivity index (χ4n) is 7.72. The molecule has 0 saturated carbocycles. The summed E-state index contributed by atoms with van der Waals surface area (Å²) in [6, 6.07) is 34.0. The van der Waals surface area contributed by atoms with Gasteiger partial charge in [-0.2, -0.15) is 0 Å². The van der Waals surface area contributed by atoms with Gasteiger partial charge in [-0.15, -0.1) is 0 Å². The van der Waals surface area contributed by atoms with Crippen molar-refractivity contribution in [2.24, 2.45) is 0 Å². The van der Waals surface area contributed by atoms with Crippen LogP contribution in [0.25, 0.3) is 0 Å². The Morgan fingerprint density at radius 3 is 1.57 bits per heavy atom. The zero-order chi connectivity index (χ0) is 36.9. The van der Waals surface area contributed by atoms with Gasteiger partial charge >= 0.3 is 0 Å². The predicted molar refractivity (Wildman–Crippen MR) is 208 cm³/mol. The molecule has 0 N–H and O–H groups in total. The molecule has 0 aliphatic carbocycles. The molecule has 0 bridgehead atoms. The van der Waals surface area contributed by atoms with E-state index in [4.69, 9.17) is 28.4 Å². The van der Waals surface area contributed by atoms with E-state index >= 15 is 0 Å². The number of hydrogen-bond acceptors (Lipinski definition) is 8. The summed E-state index contributed by atoms with van der Waals surface area (Å²) in [5.41, 5.74) is 8.66. The van der Waals surface area contributed by atoms with Gasteiger partial charge in [0.1, 0.15) is 12.4 Å². The molecule has 7 rings (SSSR count). The normalized spacial score (nSPS) is 17.0. The minimum absolute atomic E-state index is 0.172. The Bertz CT molecular complexity index is 2010. The van der Waals surface area contributed by atoms with E-state index in [1.165, 1.54) is 27.8 Å². The number of hydrogen-bond donors (Lipinski definition) is 0. The number of benzene rings is 5. The van der Waals surface area contributed by atoms with Crippen molar-refractivity contribution in [3.63, 3.8) is 0 Å². The number of methoxy groups -OCH3 is 4. The zero-order valence-corrected chi connectivity index (χ0v) is 31.7. The molecule has 5 aromatic carbocycles. The molecule has 5 aromatic rings. The number of fused-ring (bicyclic) bond motifs is 2. The molecule has 0 aromatic heterocycles. The van der Waals surface area contributed by atoms with Crippen LogP contribution in [0.5, 0.6) is 40.2 Å². The van der Waals surface area contributed by atoms with Crippen molar-refractivity contribution in [3.8, 4) is 40.2 Å². The van der Waals surface area contributed by atoms with Crippen LogP contribution in [0.4, 0.5) is 0 Å². The number of likely N-dealkylation sites (N-methyl/N-ethyl adjacent to an activating group) is 2. The second-order valence-electron chi connectivity index (χ2n) is 14.0. The molecule has 0 spiro atoms. The molecule has 0 saturated heterocycles. The van der Waals surface area contributed by atoms with Gasteiger partial charge in [0.2, 0.25) is 0 Å². The van der Waals surface area contributed by atoms with Gasteiger partial charge in [0.05, 0.1) is 28.4 Å². The molecule has 53 heavy (non-hydrogen) atoms. The van der Waals surface area contributed by atoms with Crippen molar-refractivity contribution in [2.75, 3.05) is 55.6 Å². The van der Waals surface area contributed by atoms with E-state index in [2.05, 4.69) is 96.7 Å². The maximum atomic E-state index is 6.65. The summed E-state index contributed by atoms with van der Waals surface area (Å²) in [5.74, 6) is 5.23. The molecule has 2 aliphatic rings. The Morgan fingerprint density at radius 1 is 0.509 bits per heavy atom. The van der Waals surface area contributed by atoms with E-state index in [1.807, 2.05) is 24.3 Å². The van der Waals surface area contributed by atoms with Crippen LogP contribution in [0.1, 0.15) is 51.0 Å². The quantitative estimate of drug-likeness (QED) is 0.120. The topological polar surface area (TPSA) is 61.9 Å². The second-order valence-corrected chi connectivity index (χ2v) is 14.0. The van der Waals surface area contributed by atoms with Crippen molar-refractivity contribution < 1.29 is 28.4 Å². The fourth-order valence-corrected chi connectivity index (χ4v) is 7.72. The van der Waals surface area contributed by atoms with Gasteiger partial charge in [-0.3, -0.25) is 9.80 Å². The van der Waals surface area contributed by atoms with E-state index in [1.54, 1.807) is 28.4 Å². The largest absolute Gasteiger partial charge is 0.493 e. The third-order valence-electron chi connectivity index (χ3n) is 10.8. The smallest absolute Gasteiger partial charge is 0.169 e. The molecule has 0 fully saturated rings. The summed E-state index contributed by atoms with van der Waals surface area (Å²) in [6.45, 7) is 2.40. The second kappa shape index (κ2) is 16.2. The summed E-state index contributed by atoms with van der Waals surface area (Å²) >= 11 is 0. The van der Waals surface area contributed by atoms with Crippen molar-refractivity contribution in [1.29, 1.82) is 0 Å². The lowest BCUT2D eigenvalue weighted by Crippen LogP contribution is -2.33. The highest BCUT2D eigenvalue weighted by Crippen LogP contribution is 2.42. The van der Waals surface area contributed by atoms with Crippen molar-refractivity contribution in [2.45, 2.75) is 44.4 Å². The standard InChI is InChI=1S/C45H50N2O6/c1-46-20-18-33-25-41(48-3)43(50-5)27-36(33)38(46)22-30-12-15-35(16-13-30)53-45-24-32(14-17-40(45)52-29-31-10-8-7-9-11-31)23-39-37-28-44(51-6)42(49-4)26-34(37)19-21-47(39)2/h7-17,24-28,38-39H,18-23,29H2,1-6H3/t38-,39-/m0/s1. The van der Waals surface area contributed by atoms with Gasteiger partial charge in [-0.25, -0.2) is 0 Å². The summed E-state index contributed by atoms with van der Waals surface area (Å²) < 4.78 is 35.6. The summed E-state index contributed by atoms with van der Waals surface area (Å²) in [7, 11) is 11.2. The van der Waals surface area contributed by atoms with E-state index in [0.29, 0.717) is 18.1 Å². The minimum Gasteiger partial charge on any atom is -0.493 e. The first-order valence-electron chi connectivity index (χ1n) is 18.3. The highest BCUT2D eigenvalue weighted by atomic mass is 16.5. The molecule has 8 nitrogen and oxygen atoms in total. The van der Waals surface area contributed by atoms with E-state index in [0.717, 1.165) is 78.6 Å². The van der Waals surface area contributed by atoms with E-state index in [-0.39, 0.29) is 12.1 Å². The van der Waals surface area contributed by atoms with E-state index in [9.17, 15) is 0 Å². The molecule has 0 radical (unpaired) electrons. The lowest BCUT2D eigenvalue weighted by Gasteiger charge is -2.35. The number of ether oxygens (including phenoxy) is 6. The molecule has 0 unspecified atom stereocenters. The zero-order valence-electron chi connectivity index (χ0n) is 31.7. The monoisotopic (exact) mass is 714 g/mol. The summed E-state index contributed by atoms with van der Waals surface area (Å²) in [5, 5.41) is 0. The van der Waals surface area contributed by atoms with Crippen LogP contribution in [0.2, 0.25) is 0 Å². The first-order chi connectivity index (χ1) is 25.9. The Labute approximate surface area is 313 Å². The third kappa shape index (κ3) is 7.94. The Kier molecular flexibility index (Phi) is 11.1. The maximum absolute atomic E-state index is 6.65. The third-order valence-corrected chi connectivity index (χ3v) is 10.8. The van der Waals surface area contributed by atoms with Crippen LogP contribution in [0.3, 0.4) is 0 Å². The minimum atomic E-state index is 0.172. The summed E-state index contributed by atoms with van der Waals surface area (Å²) in [4.78, 5) is 4.84. The van der Waals surface area contributed by atoms with Gasteiger partial charge in [-0.05, 0) is 127 Å². The van der Waals surface area contributed by atoms with Crippen molar-refractivity contribution in [3.05, 3.63) is 136 Å².